The standard InChI is InChI=1S/C22H28N4O2/c27-22(26-11-5-1-2-6-12-26)18-9-10-23-21(17-18)24-19-7-3-4-8-20(19)25-13-15-28-16-14-25/h3-4,7-10,17H,1-2,5-6,11-16H2,(H,23,24). The molecule has 0 unspecified atom stereocenters. The Kier molecular flexibility index (Phi) is 6.07. The molecule has 3 heterocycles. The molecule has 6 nitrogen and oxygen atoms in total. The Bertz CT molecular complexity index is 797. The van der Waals surface area contributed by atoms with Gasteiger partial charge in [-0.15, -0.1) is 0 Å². The van der Waals surface area contributed by atoms with E-state index in [-0.39, 0.29) is 5.91 Å². The largest absolute Gasteiger partial charge is 0.378 e. The first-order valence-corrected chi connectivity index (χ1v) is 10.3. The van der Waals surface area contributed by atoms with Crippen molar-refractivity contribution in [3.63, 3.8) is 0 Å². The van der Waals surface area contributed by atoms with Crippen LogP contribution >= 0.6 is 0 Å². The third-order valence-electron chi connectivity index (χ3n) is 5.42. The Labute approximate surface area is 166 Å². The number of morpholine rings is 1. The second kappa shape index (κ2) is 9.06. The number of carbonyl (C=O) groups is 1. The first kappa shape index (κ1) is 18.7. The van der Waals surface area contributed by atoms with Gasteiger partial charge in [-0.1, -0.05) is 25.0 Å². The van der Waals surface area contributed by atoms with Crippen LogP contribution in [0.2, 0.25) is 0 Å². The Morgan fingerprint density at radius 3 is 2.50 bits per heavy atom. The minimum Gasteiger partial charge on any atom is -0.378 e. The smallest absolute Gasteiger partial charge is 0.254 e. The molecule has 2 saturated heterocycles. The second-order valence-electron chi connectivity index (χ2n) is 7.38. The van der Waals surface area contributed by atoms with Crippen LogP contribution in [0.15, 0.2) is 42.6 Å². The number of likely N-dealkylation sites (tertiary alicyclic amines) is 1. The van der Waals surface area contributed by atoms with Crippen molar-refractivity contribution in [3.8, 4) is 0 Å². The number of ether oxygens (including phenoxy) is 1. The van der Waals surface area contributed by atoms with Gasteiger partial charge in [0.05, 0.1) is 24.6 Å². The van der Waals surface area contributed by atoms with Gasteiger partial charge in [0.2, 0.25) is 0 Å². The maximum absolute atomic E-state index is 12.9. The van der Waals surface area contributed by atoms with Crippen LogP contribution in [0, 0.1) is 0 Å². The maximum Gasteiger partial charge on any atom is 0.254 e. The molecule has 6 heteroatoms. The van der Waals surface area contributed by atoms with Gasteiger partial charge in [0.25, 0.3) is 5.91 Å². The molecule has 0 spiro atoms. The first-order chi connectivity index (χ1) is 13.8. The molecule has 1 aromatic carbocycles. The van der Waals surface area contributed by atoms with Crippen LogP contribution in [0.25, 0.3) is 0 Å². The fourth-order valence-corrected chi connectivity index (χ4v) is 3.89. The lowest BCUT2D eigenvalue weighted by Gasteiger charge is -2.30. The lowest BCUT2D eigenvalue weighted by molar-refractivity contribution is 0.0761. The summed E-state index contributed by atoms with van der Waals surface area (Å²) < 4.78 is 5.47. The summed E-state index contributed by atoms with van der Waals surface area (Å²) in [6.07, 6.45) is 6.32. The number of pyridine rings is 1. The van der Waals surface area contributed by atoms with Crippen molar-refractivity contribution in [2.24, 2.45) is 0 Å². The fourth-order valence-electron chi connectivity index (χ4n) is 3.89. The molecular formula is C22H28N4O2. The number of anilines is 3. The van der Waals surface area contributed by atoms with Crippen LogP contribution in [0.3, 0.4) is 0 Å². The maximum atomic E-state index is 12.9. The highest BCUT2D eigenvalue weighted by Crippen LogP contribution is 2.29. The molecule has 2 fully saturated rings. The SMILES string of the molecule is O=C(c1ccnc(Nc2ccccc2N2CCOCC2)c1)N1CCCCCC1. The third kappa shape index (κ3) is 4.44. The van der Waals surface area contributed by atoms with Crippen molar-refractivity contribution in [2.75, 3.05) is 49.6 Å². The summed E-state index contributed by atoms with van der Waals surface area (Å²) in [4.78, 5) is 21.7. The van der Waals surface area contributed by atoms with Crippen LogP contribution in [0.1, 0.15) is 36.0 Å². The molecule has 2 aliphatic rings. The molecule has 0 aliphatic carbocycles. The number of rotatable bonds is 4. The van der Waals surface area contributed by atoms with Crippen molar-refractivity contribution < 1.29 is 9.53 Å². The van der Waals surface area contributed by atoms with Crippen LogP contribution < -0.4 is 10.2 Å². The minimum absolute atomic E-state index is 0.105. The summed E-state index contributed by atoms with van der Waals surface area (Å²) in [6.45, 7) is 4.94. The van der Waals surface area contributed by atoms with E-state index in [2.05, 4.69) is 27.3 Å². The van der Waals surface area contributed by atoms with Crippen molar-refractivity contribution in [2.45, 2.75) is 25.7 Å². The fraction of sp³-hybridized carbons (Fsp3) is 0.455. The van der Waals surface area contributed by atoms with Crippen molar-refractivity contribution >= 4 is 23.1 Å². The number of hydrogen-bond donors (Lipinski definition) is 1. The first-order valence-electron chi connectivity index (χ1n) is 10.3. The normalized spacial score (nSPS) is 17.9. The molecule has 0 saturated carbocycles. The number of aromatic nitrogens is 1. The van der Waals surface area contributed by atoms with Crippen molar-refractivity contribution in [1.82, 2.24) is 9.88 Å². The quantitative estimate of drug-likeness (QED) is 0.877. The van der Waals surface area contributed by atoms with Gasteiger partial charge < -0.3 is 19.9 Å². The Hall–Kier alpha value is -2.60. The highest BCUT2D eigenvalue weighted by molar-refractivity contribution is 5.95. The molecule has 0 atom stereocenters. The van der Waals surface area contributed by atoms with E-state index < -0.39 is 0 Å². The molecule has 148 valence electrons. The predicted octanol–water partition coefficient (Wildman–Crippen LogP) is 3.68. The van der Waals surface area contributed by atoms with Crippen LogP contribution in [0.5, 0.6) is 0 Å². The second-order valence-corrected chi connectivity index (χ2v) is 7.38. The Balaban J connectivity index is 1.52. The summed E-state index contributed by atoms with van der Waals surface area (Å²) >= 11 is 0. The zero-order chi connectivity index (χ0) is 19.2. The van der Waals surface area contributed by atoms with Crippen molar-refractivity contribution in [1.29, 1.82) is 0 Å². The molecule has 2 aliphatic heterocycles. The zero-order valence-electron chi connectivity index (χ0n) is 16.3. The van der Waals surface area contributed by atoms with E-state index in [1.54, 1.807) is 6.20 Å². The van der Waals surface area contributed by atoms with Crippen molar-refractivity contribution in [3.05, 3.63) is 48.2 Å². The highest BCUT2D eigenvalue weighted by atomic mass is 16.5. The molecule has 4 rings (SSSR count). The number of para-hydroxylation sites is 2. The van der Waals surface area contributed by atoms with Gasteiger partial charge in [0, 0.05) is 37.9 Å². The lowest BCUT2D eigenvalue weighted by Crippen LogP contribution is -2.36. The zero-order valence-corrected chi connectivity index (χ0v) is 16.3. The molecule has 1 N–H and O–H groups in total. The Morgan fingerprint density at radius 1 is 0.964 bits per heavy atom. The summed E-state index contributed by atoms with van der Waals surface area (Å²) in [5.41, 5.74) is 2.83. The van der Waals surface area contributed by atoms with E-state index in [0.29, 0.717) is 11.4 Å². The number of benzene rings is 1. The lowest BCUT2D eigenvalue weighted by atomic mass is 10.2. The molecular weight excluding hydrogens is 352 g/mol. The summed E-state index contributed by atoms with van der Waals surface area (Å²) in [7, 11) is 0. The number of nitrogens with one attached hydrogen (secondary N) is 1. The molecule has 2 aromatic rings. The highest BCUT2D eigenvalue weighted by Gasteiger charge is 2.19. The van der Waals surface area contributed by atoms with Gasteiger partial charge in [0.1, 0.15) is 5.82 Å². The van der Waals surface area contributed by atoms with Gasteiger partial charge in [-0.2, -0.15) is 0 Å². The van der Waals surface area contributed by atoms with E-state index in [1.807, 2.05) is 29.2 Å². The number of nitrogens with zero attached hydrogens (tertiary/aromatic N) is 3. The van der Waals surface area contributed by atoms with Crippen LogP contribution in [-0.4, -0.2) is 55.2 Å². The summed E-state index contributed by atoms with van der Waals surface area (Å²) in [6, 6.07) is 11.9. The van der Waals surface area contributed by atoms with E-state index in [0.717, 1.165) is 63.6 Å². The average molecular weight is 380 g/mol. The summed E-state index contributed by atoms with van der Waals surface area (Å²) in [5, 5.41) is 3.42. The van der Waals surface area contributed by atoms with Gasteiger partial charge >= 0.3 is 0 Å². The number of carbonyl (C=O) groups excluding carboxylic acids is 1. The topological polar surface area (TPSA) is 57.7 Å². The van der Waals surface area contributed by atoms with Gasteiger partial charge in [-0.25, -0.2) is 4.98 Å². The monoisotopic (exact) mass is 380 g/mol. The molecule has 28 heavy (non-hydrogen) atoms. The molecule has 0 bridgehead atoms. The number of hydrogen-bond acceptors (Lipinski definition) is 5. The predicted molar refractivity (Wildman–Crippen MR) is 111 cm³/mol. The number of amides is 1. The average Bonchev–Trinajstić information content (AvgIpc) is 3.04. The van der Waals surface area contributed by atoms with Crippen LogP contribution in [-0.2, 0) is 4.74 Å². The van der Waals surface area contributed by atoms with Gasteiger partial charge in [0.15, 0.2) is 0 Å². The van der Waals surface area contributed by atoms with E-state index in [9.17, 15) is 4.79 Å². The Morgan fingerprint density at radius 2 is 1.71 bits per heavy atom. The van der Waals surface area contributed by atoms with Gasteiger partial charge in [-0.3, -0.25) is 4.79 Å². The van der Waals surface area contributed by atoms with E-state index >= 15 is 0 Å². The molecule has 0 radical (unpaired) electrons. The van der Waals surface area contributed by atoms with Crippen LogP contribution in [0.4, 0.5) is 17.2 Å². The summed E-state index contributed by atoms with van der Waals surface area (Å²) in [5.74, 6) is 0.801. The van der Waals surface area contributed by atoms with Gasteiger partial charge in [-0.05, 0) is 37.1 Å². The molecule has 1 aromatic heterocycles. The minimum atomic E-state index is 0.105. The molecule has 1 amide bonds. The van der Waals surface area contributed by atoms with E-state index in [1.165, 1.54) is 12.8 Å². The third-order valence-corrected chi connectivity index (χ3v) is 5.42. The van der Waals surface area contributed by atoms with E-state index in [4.69, 9.17) is 4.74 Å².